The first-order chi connectivity index (χ1) is 9.76. The topological polar surface area (TPSA) is 61.0 Å². The van der Waals surface area contributed by atoms with Crippen molar-refractivity contribution in [3.8, 4) is 0 Å². The number of amides is 2. The van der Waals surface area contributed by atoms with Gasteiger partial charge in [-0.3, -0.25) is 5.10 Å². The lowest BCUT2D eigenvalue weighted by atomic mass is 9.65. The van der Waals surface area contributed by atoms with Gasteiger partial charge in [0, 0.05) is 18.3 Å². The van der Waals surface area contributed by atoms with Gasteiger partial charge in [-0.15, -0.1) is 0 Å². The molecule has 2 N–H and O–H groups in total. The number of hydrogen-bond acceptors (Lipinski definition) is 2. The van der Waals surface area contributed by atoms with Crippen molar-refractivity contribution >= 4 is 6.03 Å². The molecule has 0 aromatic carbocycles. The molecule has 1 aromatic rings. The number of urea groups is 1. The van der Waals surface area contributed by atoms with Crippen LogP contribution in [0.4, 0.5) is 4.79 Å². The summed E-state index contributed by atoms with van der Waals surface area (Å²) in [5.74, 6) is 0. The monoisotopic (exact) mass is 290 g/mol. The molecule has 2 amide bonds. The summed E-state index contributed by atoms with van der Waals surface area (Å²) >= 11 is 0. The van der Waals surface area contributed by atoms with Gasteiger partial charge in [0.05, 0.1) is 12.2 Å². The summed E-state index contributed by atoms with van der Waals surface area (Å²) in [7, 11) is 0. The second-order valence-electron chi connectivity index (χ2n) is 8.04. The molecule has 1 saturated carbocycles. The maximum Gasteiger partial charge on any atom is 0.317 e. The van der Waals surface area contributed by atoms with Gasteiger partial charge in [-0.2, -0.15) is 5.10 Å². The van der Waals surface area contributed by atoms with Crippen LogP contribution < -0.4 is 5.32 Å². The summed E-state index contributed by atoms with van der Waals surface area (Å²) < 4.78 is 0. The number of nitrogens with zero attached hydrogens (tertiary/aromatic N) is 2. The lowest BCUT2D eigenvalue weighted by molar-refractivity contribution is 0.129. The van der Waals surface area contributed by atoms with Crippen molar-refractivity contribution in [2.75, 3.05) is 6.54 Å². The summed E-state index contributed by atoms with van der Waals surface area (Å²) in [5, 5.41) is 10.1. The molecule has 2 heterocycles. The number of rotatable bonds is 2. The Hall–Kier alpha value is -1.52. The van der Waals surface area contributed by atoms with Gasteiger partial charge in [0.1, 0.15) is 0 Å². The number of carbonyl (C=O) groups excluding carboxylic acids is 1. The van der Waals surface area contributed by atoms with Crippen molar-refractivity contribution < 1.29 is 4.79 Å². The average Bonchev–Trinajstić information content (AvgIpc) is 2.86. The molecule has 1 aromatic heterocycles. The van der Waals surface area contributed by atoms with Gasteiger partial charge in [-0.1, -0.05) is 20.8 Å². The van der Waals surface area contributed by atoms with Crippen molar-refractivity contribution in [2.45, 2.75) is 59.5 Å². The third kappa shape index (κ3) is 2.92. The van der Waals surface area contributed by atoms with E-state index in [0.717, 1.165) is 30.8 Å². The van der Waals surface area contributed by atoms with Gasteiger partial charge in [-0.05, 0) is 43.1 Å². The molecule has 0 unspecified atom stereocenters. The highest BCUT2D eigenvalue weighted by Gasteiger charge is 2.50. The Balaban J connectivity index is 1.63. The number of aryl methyl sites for hydroxylation is 1. The second kappa shape index (κ2) is 4.75. The Bertz CT molecular complexity index is 550. The molecule has 0 spiro atoms. The van der Waals surface area contributed by atoms with Crippen molar-refractivity contribution in [1.82, 2.24) is 20.4 Å². The quantitative estimate of drug-likeness (QED) is 0.880. The minimum atomic E-state index is 0.0575. The summed E-state index contributed by atoms with van der Waals surface area (Å²) in [6, 6.07) is 2.41. The van der Waals surface area contributed by atoms with Crippen LogP contribution in [-0.4, -0.2) is 33.7 Å². The molecule has 1 aliphatic carbocycles. The van der Waals surface area contributed by atoms with Crippen LogP contribution in [0.2, 0.25) is 0 Å². The standard InChI is InChI=1S/C16H26N4O/c1-11-5-12(19-18-11)8-17-14(21)20-10-16(4)7-13(20)6-15(2,3)9-16/h5,13H,6-10H2,1-4H3,(H,17,21)(H,18,19)/t13-,16-/m1/s1. The molecule has 5 nitrogen and oxygen atoms in total. The Morgan fingerprint density at radius 1 is 1.48 bits per heavy atom. The smallest absolute Gasteiger partial charge is 0.317 e. The molecule has 1 aliphatic heterocycles. The first kappa shape index (κ1) is 14.4. The van der Waals surface area contributed by atoms with E-state index >= 15 is 0 Å². The molecule has 1 saturated heterocycles. The highest BCUT2D eigenvalue weighted by molar-refractivity contribution is 5.75. The number of fused-ring (bicyclic) bond motifs is 2. The van der Waals surface area contributed by atoms with E-state index < -0.39 is 0 Å². The van der Waals surface area contributed by atoms with E-state index in [1.807, 2.05) is 17.9 Å². The molecule has 2 fully saturated rings. The van der Waals surface area contributed by atoms with Crippen LogP contribution in [0.15, 0.2) is 6.07 Å². The molecule has 0 radical (unpaired) electrons. The van der Waals surface area contributed by atoms with E-state index in [0.29, 0.717) is 18.0 Å². The lowest BCUT2D eigenvalue weighted by Gasteiger charge is -2.39. The third-order valence-electron chi connectivity index (χ3n) is 4.86. The molecule has 2 aliphatic rings. The van der Waals surface area contributed by atoms with E-state index in [9.17, 15) is 4.79 Å². The summed E-state index contributed by atoms with van der Waals surface area (Å²) in [4.78, 5) is 14.5. The minimum absolute atomic E-state index is 0.0575. The van der Waals surface area contributed by atoms with E-state index in [1.165, 1.54) is 6.42 Å². The van der Waals surface area contributed by atoms with E-state index in [1.54, 1.807) is 0 Å². The van der Waals surface area contributed by atoms with Crippen LogP contribution in [0.1, 0.15) is 51.4 Å². The molecular formula is C16H26N4O. The summed E-state index contributed by atoms with van der Waals surface area (Å²) in [6.45, 7) is 10.3. The van der Waals surface area contributed by atoms with Gasteiger partial charge in [0.2, 0.25) is 0 Å². The van der Waals surface area contributed by atoms with Gasteiger partial charge < -0.3 is 10.2 Å². The predicted molar refractivity (Wildman–Crippen MR) is 81.8 cm³/mol. The number of aromatic amines is 1. The zero-order valence-electron chi connectivity index (χ0n) is 13.5. The fourth-order valence-electron chi connectivity index (χ4n) is 4.53. The average molecular weight is 290 g/mol. The Morgan fingerprint density at radius 2 is 2.24 bits per heavy atom. The van der Waals surface area contributed by atoms with Crippen molar-refractivity contribution in [1.29, 1.82) is 0 Å². The number of likely N-dealkylation sites (tertiary alicyclic amines) is 1. The van der Waals surface area contributed by atoms with Crippen molar-refractivity contribution in [3.63, 3.8) is 0 Å². The Labute approximate surface area is 126 Å². The Morgan fingerprint density at radius 3 is 2.90 bits per heavy atom. The fourth-order valence-corrected chi connectivity index (χ4v) is 4.53. The van der Waals surface area contributed by atoms with Gasteiger partial charge in [-0.25, -0.2) is 4.79 Å². The van der Waals surface area contributed by atoms with Crippen molar-refractivity contribution in [3.05, 3.63) is 17.5 Å². The molecule has 21 heavy (non-hydrogen) atoms. The van der Waals surface area contributed by atoms with Crippen LogP contribution in [0.25, 0.3) is 0 Å². The maximum absolute atomic E-state index is 12.5. The largest absolute Gasteiger partial charge is 0.332 e. The Kier molecular flexibility index (Phi) is 3.26. The highest BCUT2D eigenvalue weighted by atomic mass is 16.2. The normalized spacial score (nSPS) is 30.5. The van der Waals surface area contributed by atoms with Crippen LogP contribution >= 0.6 is 0 Å². The van der Waals surface area contributed by atoms with E-state index in [4.69, 9.17) is 0 Å². The maximum atomic E-state index is 12.5. The van der Waals surface area contributed by atoms with E-state index in [-0.39, 0.29) is 11.4 Å². The molecule has 3 rings (SSSR count). The van der Waals surface area contributed by atoms with E-state index in [2.05, 4.69) is 36.3 Å². The number of H-pyrrole nitrogens is 1. The number of hydrogen-bond donors (Lipinski definition) is 2. The van der Waals surface area contributed by atoms with Gasteiger partial charge >= 0.3 is 6.03 Å². The highest BCUT2D eigenvalue weighted by Crippen LogP contribution is 2.52. The number of carbonyl (C=O) groups is 1. The van der Waals surface area contributed by atoms with Crippen LogP contribution in [0.3, 0.4) is 0 Å². The van der Waals surface area contributed by atoms with Crippen LogP contribution in [0.5, 0.6) is 0 Å². The summed E-state index contributed by atoms with van der Waals surface area (Å²) in [6.07, 6.45) is 3.46. The molecule has 2 atom stereocenters. The second-order valence-corrected chi connectivity index (χ2v) is 8.04. The first-order valence-electron chi connectivity index (χ1n) is 7.82. The molecule has 116 valence electrons. The minimum Gasteiger partial charge on any atom is -0.332 e. The first-order valence-corrected chi connectivity index (χ1v) is 7.82. The SMILES string of the molecule is Cc1cc(CNC(=O)N2C[C@]3(C)C[C@H]2CC(C)(C)C3)n[nH]1. The predicted octanol–water partition coefficient (Wildman–Crippen LogP) is 2.83. The zero-order chi connectivity index (χ0) is 15.3. The van der Waals surface area contributed by atoms with Crippen LogP contribution in [0, 0.1) is 17.8 Å². The summed E-state index contributed by atoms with van der Waals surface area (Å²) in [5.41, 5.74) is 2.53. The lowest BCUT2D eigenvalue weighted by Crippen LogP contribution is -2.43. The molecule has 2 bridgehead atoms. The third-order valence-corrected chi connectivity index (χ3v) is 4.86. The number of aromatic nitrogens is 2. The molecule has 5 heteroatoms. The number of nitrogens with one attached hydrogen (secondary N) is 2. The molecular weight excluding hydrogens is 264 g/mol. The van der Waals surface area contributed by atoms with Crippen molar-refractivity contribution in [2.24, 2.45) is 10.8 Å². The van der Waals surface area contributed by atoms with Crippen LogP contribution in [-0.2, 0) is 6.54 Å². The van der Waals surface area contributed by atoms with Gasteiger partial charge in [0.25, 0.3) is 0 Å². The fraction of sp³-hybridized carbons (Fsp3) is 0.750. The zero-order valence-corrected chi connectivity index (χ0v) is 13.5. The van der Waals surface area contributed by atoms with Gasteiger partial charge in [0.15, 0.2) is 0 Å².